The van der Waals surface area contributed by atoms with Gasteiger partial charge in [-0.2, -0.15) is 0 Å². The molecule has 162 valence electrons. The summed E-state index contributed by atoms with van der Waals surface area (Å²) >= 11 is 0. The largest absolute Gasteiger partial charge is 0.534 e. The lowest BCUT2D eigenvalue weighted by molar-refractivity contribution is -0.385. The van der Waals surface area contributed by atoms with Gasteiger partial charge < -0.3 is 9.47 Å². The number of imide groups is 1. The van der Waals surface area contributed by atoms with E-state index in [-0.39, 0.29) is 30.7 Å². The van der Waals surface area contributed by atoms with Crippen LogP contribution in [0.15, 0.2) is 36.4 Å². The monoisotopic (exact) mass is 428 g/mol. The van der Waals surface area contributed by atoms with Gasteiger partial charge in [-0.05, 0) is 31.5 Å². The van der Waals surface area contributed by atoms with E-state index in [2.05, 4.69) is 4.84 Å². The molecular weight excluding hydrogens is 408 g/mol. The Kier molecular flexibility index (Phi) is 6.49. The highest BCUT2D eigenvalue weighted by Crippen LogP contribution is 2.26. The SMILES string of the molecule is Cc1cc(C)cc(COc2ccc([N+](=O)[O-])c(COC(=O)ON3C(=O)CCC3=O)c2)c1. The van der Waals surface area contributed by atoms with Crippen molar-refractivity contribution in [3.63, 3.8) is 0 Å². The number of hydrogen-bond donors (Lipinski definition) is 0. The summed E-state index contributed by atoms with van der Waals surface area (Å²) in [6, 6.07) is 10.1. The van der Waals surface area contributed by atoms with Gasteiger partial charge in [0.15, 0.2) is 0 Å². The molecule has 1 aliphatic rings. The summed E-state index contributed by atoms with van der Waals surface area (Å²) in [7, 11) is 0. The maximum atomic E-state index is 11.8. The summed E-state index contributed by atoms with van der Waals surface area (Å²) in [6.45, 7) is 3.69. The summed E-state index contributed by atoms with van der Waals surface area (Å²) in [6.07, 6.45) is -1.44. The van der Waals surface area contributed by atoms with Crippen molar-refractivity contribution < 1.29 is 33.6 Å². The van der Waals surface area contributed by atoms with E-state index < -0.39 is 29.5 Å². The quantitative estimate of drug-likeness (QED) is 0.284. The summed E-state index contributed by atoms with van der Waals surface area (Å²) in [5, 5.41) is 11.6. The van der Waals surface area contributed by atoms with Gasteiger partial charge in [0.2, 0.25) is 0 Å². The second-order valence-electron chi connectivity index (χ2n) is 7.04. The molecule has 31 heavy (non-hydrogen) atoms. The van der Waals surface area contributed by atoms with Crippen molar-refractivity contribution in [2.75, 3.05) is 0 Å². The van der Waals surface area contributed by atoms with Crippen LogP contribution in [-0.4, -0.2) is 28.0 Å². The Morgan fingerprint density at radius 2 is 1.68 bits per heavy atom. The zero-order valence-electron chi connectivity index (χ0n) is 17.0. The molecule has 3 rings (SSSR count). The lowest BCUT2D eigenvalue weighted by Crippen LogP contribution is -2.32. The average Bonchev–Trinajstić information content (AvgIpc) is 3.02. The molecule has 0 atom stereocenters. The average molecular weight is 428 g/mol. The molecule has 0 aromatic heterocycles. The molecule has 0 saturated carbocycles. The normalized spacial score (nSPS) is 13.3. The maximum absolute atomic E-state index is 11.8. The minimum Gasteiger partial charge on any atom is -0.489 e. The summed E-state index contributed by atoms with van der Waals surface area (Å²) in [5.41, 5.74) is 2.91. The Morgan fingerprint density at radius 3 is 2.29 bits per heavy atom. The number of ether oxygens (including phenoxy) is 2. The van der Waals surface area contributed by atoms with Crippen molar-refractivity contribution in [1.82, 2.24) is 5.06 Å². The van der Waals surface area contributed by atoms with Gasteiger partial charge in [-0.3, -0.25) is 24.5 Å². The van der Waals surface area contributed by atoms with E-state index in [0.29, 0.717) is 10.8 Å². The zero-order valence-corrected chi connectivity index (χ0v) is 17.0. The van der Waals surface area contributed by atoms with Crippen LogP contribution in [0.25, 0.3) is 0 Å². The predicted molar refractivity (Wildman–Crippen MR) is 106 cm³/mol. The second-order valence-corrected chi connectivity index (χ2v) is 7.04. The van der Waals surface area contributed by atoms with Crippen LogP contribution in [0.3, 0.4) is 0 Å². The molecule has 2 aromatic carbocycles. The van der Waals surface area contributed by atoms with Crippen molar-refractivity contribution in [1.29, 1.82) is 0 Å². The van der Waals surface area contributed by atoms with E-state index in [9.17, 15) is 24.5 Å². The van der Waals surface area contributed by atoms with E-state index in [1.807, 2.05) is 32.0 Å². The first-order valence-electron chi connectivity index (χ1n) is 9.40. The molecular formula is C21H20N2O8. The number of hydroxylamine groups is 2. The number of nitro benzene ring substituents is 1. The van der Waals surface area contributed by atoms with Crippen LogP contribution < -0.4 is 4.74 Å². The molecule has 1 heterocycles. The molecule has 10 heteroatoms. The standard InChI is InChI=1S/C21H20N2O8/c1-13-7-14(2)9-15(8-13)11-29-17-3-4-18(23(27)28)16(10-17)12-30-21(26)31-22-19(24)5-6-20(22)25/h3-4,7-10H,5-6,11-12H2,1-2H3. The lowest BCUT2D eigenvalue weighted by atomic mass is 10.1. The summed E-state index contributed by atoms with van der Waals surface area (Å²) in [4.78, 5) is 50.0. The van der Waals surface area contributed by atoms with Crippen LogP contribution in [0.2, 0.25) is 0 Å². The Hall–Kier alpha value is -3.95. The predicted octanol–water partition coefficient (Wildman–Crippen LogP) is 3.51. The van der Waals surface area contributed by atoms with Crippen molar-refractivity contribution in [3.05, 3.63) is 68.8 Å². The topological polar surface area (TPSA) is 125 Å². The minimum atomic E-state index is -1.32. The molecule has 0 aliphatic carbocycles. The number of amides is 2. The number of rotatable bonds is 7. The number of carbonyl (C=O) groups is 3. The molecule has 2 amide bonds. The molecule has 1 saturated heterocycles. The minimum absolute atomic E-state index is 0.0581. The highest BCUT2D eigenvalue weighted by molar-refractivity contribution is 6.01. The first kappa shape index (κ1) is 21.8. The van der Waals surface area contributed by atoms with Gasteiger partial charge in [0.05, 0.1) is 10.5 Å². The van der Waals surface area contributed by atoms with Crippen LogP contribution in [0.4, 0.5) is 10.5 Å². The third-order valence-corrected chi connectivity index (χ3v) is 4.45. The molecule has 1 fully saturated rings. The van der Waals surface area contributed by atoms with Gasteiger partial charge in [0.1, 0.15) is 19.0 Å². The lowest BCUT2D eigenvalue weighted by Gasteiger charge is -2.13. The van der Waals surface area contributed by atoms with Gasteiger partial charge in [-0.25, -0.2) is 4.79 Å². The fraction of sp³-hybridized carbons (Fsp3) is 0.286. The fourth-order valence-electron chi connectivity index (χ4n) is 3.16. The van der Waals surface area contributed by atoms with E-state index in [0.717, 1.165) is 16.7 Å². The van der Waals surface area contributed by atoms with E-state index in [1.165, 1.54) is 18.2 Å². The first-order chi connectivity index (χ1) is 14.7. The van der Waals surface area contributed by atoms with E-state index in [1.54, 1.807) is 0 Å². The van der Waals surface area contributed by atoms with Crippen LogP contribution in [0.5, 0.6) is 5.75 Å². The molecule has 0 bridgehead atoms. The number of nitrogens with zero attached hydrogens (tertiary/aromatic N) is 2. The zero-order chi connectivity index (χ0) is 22.5. The van der Waals surface area contributed by atoms with Crippen molar-refractivity contribution in [3.8, 4) is 5.75 Å². The third kappa shape index (κ3) is 5.56. The fourth-order valence-corrected chi connectivity index (χ4v) is 3.16. The number of benzene rings is 2. The Balaban J connectivity index is 1.66. The Labute approximate surface area is 177 Å². The van der Waals surface area contributed by atoms with Crippen LogP contribution in [0, 0.1) is 24.0 Å². The van der Waals surface area contributed by atoms with Gasteiger partial charge in [-0.15, -0.1) is 0 Å². The van der Waals surface area contributed by atoms with Gasteiger partial charge in [0.25, 0.3) is 17.5 Å². The third-order valence-electron chi connectivity index (χ3n) is 4.45. The molecule has 2 aromatic rings. The smallest absolute Gasteiger partial charge is 0.489 e. The van der Waals surface area contributed by atoms with Gasteiger partial charge >= 0.3 is 6.16 Å². The van der Waals surface area contributed by atoms with E-state index >= 15 is 0 Å². The molecule has 1 aliphatic heterocycles. The highest BCUT2D eigenvalue weighted by Gasteiger charge is 2.33. The summed E-state index contributed by atoms with van der Waals surface area (Å²) in [5.74, 6) is -0.967. The number of hydrogen-bond acceptors (Lipinski definition) is 8. The van der Waals surface area contributed by atoms with Gasteiger partial charge in [0, 0.05) is 18.9 Å². The van der Waals surface area contributed by atoms with Crippen molar-refractivity contribution in [2.45, 2.75) is 39.9 Å². The van der Waals surface area contributed by atoms with E-state index in [4.69, 9.17) is 9.47 Å². The number of carbonyl (C=O) groups excluding carboxylic acids is 3. The van der Waals surface area contributed by atoms with Crippen LogP contribution >= 0.6 is 0 Å². The van der Waals surface area contributed by atoms with Crippen molar-refractivity contribution >= 4 is 23.7 Å². The molecule has 0 spiro atoms. The second kappa shape index (κ2) is 9.24. The summed E-state index contributed by atoms with van der Waals surface area (Å²) < 4.78 is 10.6. The van der Waals surface area contributed by atoms with Crippen molar-refractivity contribution in [2.24, 2.45) is 0 Å². The van der Waals surface area contributed by atoms with Gasteiger partial charge in [-0.1, -0.05) is 34.4 Å². The van der Waals surface area contributed by atoms with Crippen LogP contribution in [0.1, 0.15) is 35.1 Å². The number of aryl methyl sites for hydroxylation is 2. The maximum Gasteiger partial charge on any atom is 0.534 e. The molecule has 0 unspecified atom stereocenters. The highest BCUT2D eigenvalue weighted by atomic mass is 16.8. The Bertz CT molecular complexity index is 1010. The number of nitro groups is 1. The van der Waals surface area contributed by atoms with Crippen LogP contribution in [-0.2, 0) is 32.4 Å². The Morgan fingerprint density at radius 1 is 1.03 bits per heavy atom. The first-order valence-corrected chi connectivity index (χ1v) is 9.40. The molecule has 0 radical (unpaired) electrons. The molecule has 10 nitrogen and oxygen atoms in total. The molecule has 0 N–H and O–H groups in total.